The molecule has 0 radical (unpaired) electrons. The van der Waals surface area contributed by atoms with Crippen molar-refractivity contribution in [2.24, 2.45) is 4.36 Å². The van der Waals surface area contributed by atoms with Gasteiger partial charge in [-0.2, -0.15) is 0 Å². The highest BCUT2D eigenvalue weighted by Crippen LogP contribution is 1.84. The second-order valence-electron chi connectivity index (χ2n) is 2.23. The van der Waals surface area contributed by atoms with Crippen molar-refractivity contribution in [1.29, 1.82) is 0 Å². The minimum absolute atomic E-state index is 0.193. The molecular formula is C6H11NO3S. The largest absolute Gasteiger partial charge is 0.478 e. The lowest BCUT2D eigenvalue weighted by Gasteiger charge is -1.89. The Morgan fingerprint density at radius 1 is 1.64 bits per heavy atom. The Bertz CT molecular complexity index is 266. The van der Waals surface area contributed by atoms with Crippen molar-refractivity contribution in [2.45, 2.75) is 0 Å². The molecule has 1 N–H and O–H groups in total. The van der Waals surface area contributed by atoms with Gasteiger partial charge in [-0.3, -0.25) is 4.21 Å². The Morgan fingerprint density at radius 2 is 2.18 bits per heavy atom. The predicted octanol–water partition coefficient (Wildman–Crippen LogP) is 0.355. The summed E-state index contributed by atoms with van der Waals surface area (Å²) in [6.45, 7) is 0.193. The lowest BCUT2D eigenvalue weighted by molar-refractivity contribution is -0.131. The van der Waals surface area contributed by atoms with Crippen LogP contribution in [0.4, 0.5) is 0 Å². The summed E-state index contributed by atoms with van der Waals surface area (Å²) in [6.07, 6.45) is 5.34. The third kappa shape index (κ3) is 9.16. The maximum absolute atomic E-state index is 10.9. The van der Waals surface area contributed by atoms with Gasteiger partial charge in [-0.05, 0) is 0 Å². The Kier molecular flexibility index (Phi) is 3.81. The molecule has 64 valence electrons. The van der Waals surface area contributed by atoms with Gasteiger partial charge in [-0.1, -0.05) is 6.08 Å². The maximum Gasteiger partial charge on any atom is 0.328 e. The van der Waals surface area contributed by atoms with Crippen LogP contribution in [-0.2, 0) is 14.5 Å². The van der Waals surface area contributed by atoms with Crippen LogP contribution in [0.25, 0.3) is 0 Å². The maximum atomic E-state index is 10.9. The molecule has 0 heterocycles. The summed E-state index contributed by atoms with van der Waals surface area (Å²) in [5.41, 5.74) is 0. The highest BCUT2D eigenvalue weighted by Gasteiger charge is 1.86. The summed E-state index contributed by atoms with van der Waals surface area (Å²) in [7, 11) is -2.09. The number of nitrogens with zero attached hydrogens (tertiary/aromatic N) is 1. The number of rotatable bonds is 3. The highest BCUT2D eigenvalue weighted by molar-refractivity contribution is 7.92. The molecule has 0 unspecified atom stereocenters. The van der Waals surface area contributed by atoms with Gasteiger partial charge in [0.15, 0.2) is 0 Å². The van der Waals surface area contributed by atoms with E-state index in [2.05, 4.69) is 4.36 Å². The molecule has 0 spiro atoms. The number of hydrogen-bond acceptors (Lipinski definition) is 3. The topological polar surface area (TPSA) is 66.7 Å². The fraction of sp³-hybridized carbons (Fsp3) is 0.500. The zero-order valence-electron chi connectivity index (χ0n) is 6.48. The second kappa shape index (κ2) is 4.12. The molecule has 0 amide bonds. The van der Waals surface area contributed by atoms with Crippen LogP contribution in [-0.4, -0.2) is 34.3 Å². The smallest absolute Gasteiger partial charge is 0.328 e. The van der Waals surface area contributed by atoms with Gasteiger partial charge in [-0.25, -0.2) is 9.16 Å². The van der Waals surface area contributed by atoms with E-state index in [1.807, 2.05) is 0 Å². The normalized spacial score (nSPS) is 11.8. The molecule has 0 aliphatic heterocycles. The first-order chi connectivity index (χ1) is 4.92. The fourth-order valence-corrected chi connectivity index (χ4v) is 0.821. The van der Waals surface area contributed by atoms with E-state index in [0.29, 0.717) is 0 Å². The molecule has 0 fully saturated rings. The molecule has 0 aliphatic rings. The summed E-state index contributed by atoms with van der Waals surface area (Å²) in [4.78, 5) is 9.92. The first-order valence-electron chi connectivity index (χ1n) is 2.94. The summed E-state index contributed by atoms with van der Waals surface area (Å²) in [5.74, 6) is -1.01. The van der Waals surface area contributed by atoms with Gasteiger partial charge in [0.2, 0.25) is 0 Å². The predicted molar refractivity (Wildman–Crippen MR) is 44.1 cm³/mol. The number of aliphatic carboxylic acids is 1. The molecule has 0 aromatic carbocycles. The molecule has 0 rings (SSSR count). The Balaban J connectivity index is 3.94. The van der Waals surface area contributed by atoms with Crippen LogP contribution < -0.4 is 0 Å². The van der Waals surface area contributed by atoms with Gasteiger partial charge in [0.25, 0.3) is 0 Å². The van der Waals surface area contributed by atoms with Crippen LogP contribution in [0.3, 0.4) is 0 Å². The van der Waals surface area contributed by atoms with Gasteiger partial charge in [0.1, 0.15) is 0 Å². The number of hydrogen-bond donors (Lipinski definition) is 1. The third-order valence-electron chi connectivity index (χ3n) is 0.751. The second-order valence-corrected chi connectivity index (χ2v) is 4.85. The Labute approximate surface area is 66.1 Å². The summed E-state index contributed by atoms with van der Waals surface area (Å²) in [5, 5.41) is 8.14. The van der Waals surface area contributed by atoms with Crippen molar-refractivity contribution in [3.63, 3.8) is 0 Å². The highest BCUT2D eigenvalue weighted by atomic mass is 32.2. The summed E-state index contributed by atoms with van der Waals surface area (Å²) >= 11 is 0. The number of carboxylic acid groups (broad SMARTS) is 1. The zero-order valence-corrected chi connectivity index (χ0v) is 7.30. The number of carbonyl (C=O) groups is 1. The van der Waals surface area contributed by atoms with Gasteiger partial charge in [-0.15, -0.1) is 0 Å². The van der Waals surface area contributed by atoms with Crippen LogP contribution in [0.5, 0.6) is 0 Å². The first-order valence-corrected chi connectivity index (χ1v) is 5.27. The zero-order chi connectivity index (χ0) is 8.91. The fourth-order valence-electron chi connectivity index (χ4n) is 0.376. The molecule has 0 bridgehead atoms. The average Bonchev–Trinajstić information content (AvgIpc) is 1.78. The van der Waals surface area contributed by atoms with Crippen LogP contribution in [0.2, 0.25) is 0 Å². The molecule has 4 nitrogen and oxygen atoms in total. The van der Waals surface area contributed by atoms with Crippen molar-refractivity contribution in [1.82, 2.24) is 0 Å². The molecule has 0 saturated heterocycles. The van der Waals surface area contributed by atoms with E-state index < -0.39 is 15.7 Å². The van der Waals surface area contributed by atoms with Crippen molar-refractivity contribution in [3.05, 3.63) is 12.2 Å². The summed E-state index contributed by atoms with van der Waals surface area (Å²) in [6, 6.07) is 0. The molecular weight excluding hydrogens is 166 g/mol. The quantitative estimate of drug-likeness (QED) is 0.633. The first kappa shape index (κ1) is 10.2. The standard InChI is InChI=1S/C6H11NO3S/c1-11(2,10)7-5-3-4-6(8)9/h3-4H,5H2,1-2H3,(H,8,9). The van der Waals surface area contributed by atoms with Gasteiger partial charge >= 0.3 is 5.97 Å². The monoisotopic (exact) mass is 177 g/mol. The van der Waals surface area contributed by atoms with Gasteiger partial charge in [0, 0.05) is 28.3 Å². The molecule has 5 heteroatoms. The van der Waals surface area contributed by atoms with Crippen LogP contribution in [0.1, 0.15) is 0 Å². The third-order valence-corrected chi connectivity index (χ3v) is 1.52. The Morgan fingerprint density at radius 3 is 2.55 bits per heavy atom. The summed E-state index contributed by atoms with van der Waals surface area (Å²) < 4.78 is 14.6. The van der Waals surface area contributed by atoms with Crippen molar-refractivity contribution in [2.75, 3.05) is 19.1 Å². The van der Waals surface area contributed by atoms with Gasteiger partial charge < -0.3 is 5.11 Å². The van der Waals surface area contributed by atoms with Crippen LogP contribution >= 0.6 is 0 Å². The Hall–Kier alpha value is -0.840. The van der Waals surface area contributed by atoms with Crippen molar-refractivity contribution in [3.8, 4) is 0 Å². The van der Waals surface area contributed by atoms with Crippen molar-refractivity contribution >= 4 is 15.7 Å². The lowest BCUT2D eigenvalue weighted by Crippen LogP contribution is -1.92. The molecule has 0 atom stereocenters. The van der Waals surface area contributed by atoms with E-state index in [9.17, 15) is 9.00 Å². The van der Waals surface area contributed by atoms with Gasteiger partial charge in [0.05, 0.1) is 6.54 Å². The lowest BCUT2D eigenvalue weighted by atomic mass is 10.5. The average molecular weight is 177 g/mol. The van der Waals surface area contributed by atoms with E-state index >= 15 is 0 Å². The van der Waals surface area contributed by atoms with E-state index in [1.165, 1.54) is 18.6 Å². The van der Waals surface area contributed by atoms with E-state index in [0.717, 1.165) is 6.08 Å². The molecule has 11 heavy (non-hydrogen) atoms. The minimum atomic E-state index is -2.09. The van der Waals surface area contributed by atoms with Crippen LogP contribution in [0.15, 0.2) is 16.5 Å². The van der Waals surface area contributed by atoms with E-state index in [4.69, 9.17) is 5.11 Å². The molecule has 0 aromatic rings. The van der Waals surface area contributed by atoms with Crippen molar-refractivity contribution < 1.29 is 14.1 Å². The van der Waals surface area contributed by atoms with E-state index in [1.54, 1.807) is 0 Å². The van der Waals surface area contributed by atoms with Crippen LogP contribution in [0, 0.1) is 0 Å². The molecule has 0 aliphatic carbocycles. The van der Waals surface area contributed by atoms with E-state index in [-0.39, 0.29) is 6.54 Å². The SMILES string of the molecule is CS(C)(=O)=NCC=CC(=O)O. The minimum Gasteiger partial charge on any atom is -0.478 e. The number of carboxylic acids is 1. The molecule has 0 saturated carbocycles. The molecule has 0 aromatic heterocycles.